The molecule has 0 radical (unpaired) electrons. The van der Waals surface area contributed by atoms with Crippen LogP contribution in [0.4, 0.5) is 0 Å². The van der Waals surface area contributed by atoms with Gasteiger partial charge in [0.15, 0.2) is 0 Å². The lowest BCUT2D eigenvalue weighted by Gasteiger charge is -2.28. The minimum atomic E-state index is 0.0455. The highest BCUT2D eigenvalue weighted by atomic mass is 35.5. The molecule has 0 spiro atoms. The van der Waals surface area contributed by atoms with Crippen LogP contribution in [0.15, 0.2) is 24.3 Å². The Balaban J connectivity index is 1.89. The second-order valence-electron chi connectivity index (χ2n) is 5.65. The molecule has 2 nitrogen and oxygen atoms in total. The first kappa shape index (κ1) is 14.8. The molecule has 2 atom stereocenters. The number of nitrogens with two attached hydrogens (primary N) is 1. The largest absolute Gasteiger partial charge is 0.324 e. The molecule has 1 saturated heterocycles. The van der Waals surface area contributed by atoms with Gasteiger partial charge in [-0.1, -0.05) is 42.6 Å². The van der Waals surface area contributed by atoms with Crippen LogP contribution < -0.4 is 5.73 Å². The van der Waals surface area contributed by atoms with E-state index in [-0.39, 0.29) is 6.04 Å². The van der Waals surface area contributed by atoms with Crippen LogP contribution in [-0.4, -0.2) is 24.0 Å². The zero-order valence-electron chi connectivity index (χ0n) is 11.8. The molecule has 0 amide bonds. The highest BCUT2D eigenvalue weighted by Crippen LogP contribution is 2.24. The molecular weight excluding hydrogens is 256 g/mol. The van der Waals surface area contributed by atoms with Crippen LogP contribution in [0.2, 0.25) is 5.02 Å². The Labute approximate surface area is 121 Å². The number of hydrogen-bond acceptors (Lipinski definition) is 2. The minimum Gasteiger partial charge on any atom is -0.324 e. The monoisotopic (exact) mass is 280 g/mol. The van der Waals surface area contributed by atoms with Crippen molar-refractivity contribution in [2.75, 3.05) is 13.1 Å². The Morgan fingerprint density at radius 1 is 1.32 bits per heavy atom. The van der Waals surface area contributed by atoms with Crippen LogP contribution in [0.1, 0.15) is 50.6 Å². The average molecular weight is 281 g/mol. The first-order valence-electron chi connectivity index (χ1n) is 7.42. The molecule has 0 aliphatic carbocycles. The van der Waals surface area contributed by atoms with E-state index in [4.69, 9.17) is 17.3 Å². The molecule has 2 rings (SSSR count). The van der Waals surface area contributed by atoms with Gasteiger partial charge in [-0.05, 0) is 44.4 Å². The summed E-state index contributed by atoms with van der Waals surface area (Å²) in [6, 6.07) is 8.67. The highest BCUT2D eigenvalue weighted by molar-refractivity contribution is 6.31. The number of halogens is 1. The van der Waals surface area contributed by atoms with Crippen molar-refractivity contribution >= 4 is 11.6 Å². The maximum Gasteiger partial charge on any atom is 0.0453 e. The van der Waals surface area contributed by atoms with Crippen molar-refractivity contribution in [1.29, 1.82) is 0 Å². The van der Waals surface area contributed by atoms with E-state index in [1.807, 2.05) is 24.3 Å². The van der Waals surface area contributed by atoms with E-state index in [1.165, 1.54) is 32.2 Å². The van der Waals surface area contributed by atoms with Crippen molar-refractivity contribution in [3.05, 3.63) is 34.9 Å². The first-order chi connectivity index (χ1) is 9.18. The van der Waals surface area contributed by atoms with Crippen LogP contribution in [0.25, 0.3) is 0 Å². The summed E-state index contributed by atoms with van der Waals surface area (Å²) in [5.74, 6) is 0. The maximum atomic E-state index is 6.29. The third-order valence-corrected chi connectivity index (χ3v) is 4.57. The van der Waals surface area contributed by atoms with Crippen LogP contribution >= 0.6 is 11.6 Å². The lowest BCUT2D eigenvalue weighted by Crippen LogP contribution is -2.34. The Bertz CT molecular complexity index is 394. The zero-order valence-corrected chi connectivity index (χ0v) is 12.6. The smallest absolute Gasteiger partial charge is 0.0453 e. The van der Waals surface area contributed by atoms with Gasteiger partial charge in [0.2, 0.25) is 0 Å². The second kappa shape index (κ2) is 7.28. The third-order valence-electron chi connectivity index (χ3n) is 4.22. The molecule has 19 heavy (non-hydrogen) atoms. The first-order valence-corrected chi connectivity index (χ1v) is 7.80. The fraction of sp³-hybridized carbons (Fsp3) is 0.625. The summed E-state index contributed by atoms with van der Waals surface area (Å²) in [6.07, 6.45) is 6.37. The van der Waals surface area contributed by atoms with Crippen LogP contribution in [-0.2, 0) is 0 Å². The van der Waals surface area contributed by atoms with Gasteiger partial charge in [-0.3, -0.25) is 0 Å². The summed E-state index contributed by atoms with van der Waals surface area (Å²) in [5, 5.41) is 0.791. The standard InChI is InChI=1S/C16H25ClN2/c1-13-7-3-2-6-11-19(13)12-10-16(18)14-8-4-5-9-15(14)17/h4-5,8-9,13,16H,2-3,6-7,10-12,18H2,1H3. The Hall–Kier alpha value is -0.570. The predicted octanol–water partition coefficient (Wildman–Crippen LogP) is 3.99. The quantitative estimate of drug-likeness (QED) is 0.903. The summed E-state index contributed by atoms with van der Waals surface area (Å²) >= 11 is 6.20. The molecule has 0 saturated carbocycles. The molecule has 1 fully saturated rings. The molecule has 1 aromatic carbocycles. The van der Waals surface area contributed by atoms with E-state index in [0.29, 0.717) is 6.04 Å². The number of nitrogens with zero attached hydrogens (tertiary/aromatic N) is 1. The molecule has 106 valence electrons. The van der Waals surface area contributed by atoms with E-state index in [2.05, 4.69) is 11.8 Å². The van der Waals surface area contributed by atoms with Gasteiger partial charge in [0, 0.05) is 23.7 Å². The number of rotatable bonds is 4. The molecule has 0 aromatic heterocycles. The van der Waals surface area contributed by atoms with Gasteiger partial charge >= 0.3 is 0 Å². The van der Waals surface area contributed by atoms with Gasteiger partial charge in [0.05, 0.1) is 0 Å². The van der Waals surface area contributed by atoms with E-state index in [0.717, 1.165) is 23.6 Å². The van der Waals surface area contributed by atoms with Crippen molar-refractivity contribution in [1.82, 2.24) is 4.90 Å². The van der Waals surface area contributed by atoms with Crippen LogP contribution in [0, 0.1) is 0 Å². The Morgan fingerprint density at radius 3 is 2.89 bits per heavy atom. The molecule has 3 heteroatoms. The van der Waals surface area contributed by atoms with Gasteiger partial charge in [-0.15, -0.1) is 0 Å². The minimum absolute atomic E-state index is 0.0455. The molecule has 2 unspecified atom stereocenters. The van der Waals surface area contributed by atoms with E-state index < -0.39 is 0 Å². The van der Waals surface area contributed by atoms with Gasteiger partial charge in [0.25, 0.3) is 0 Å². The van der Waals surface area contributed by atoms with Crippen molar-refractivity contribution < 1.29 is 0 Å². The van der Waals surface area contributed by atoms with Crippen molar-refractivity contribution in [2.45, 2.75) is 51.1 Å². The van der Waals surface area contributed by atoms with E-state index >= 15 is 0 Å². The van der Waals surface area contributed by atoms with Crippen molar-refractivity contribution in [2.24, 2.45) is 5.73 Å². The highest BCUT2D eigenvalue weighted by Gasteiger charge is 2.18. The zero-order chi connectivity index (χ0) is 13.7. The van der Waals surface area contributed by atoms with Crippen LogP contribution in [0.5, 0.6) is 0 Å². The normalized spacial score (nSPS) is 23.0. The fourth-order valence-electron chi connectivity index (χ4n) is 2.90. The Morgan fingerprint density at radius 2 is 2.11 bits per heavy atom. The lowest BCUT2D eigenvalue weighted by atomic mass is 10.0. The summed E-state index contributed by atoms with van der Waals surface area (Å²) < 4.78 is 0. The summed E-state index contributed by atoms with van der Waals surface area (Å²) in [7, 11) is 0. The molecule has 0 bridgehead atoms. The Kier molecular flexibility index (Phi) is 5.68. The summed E-state index contributed by atoms with van der Waals surface area (Å²) in [6.45, 7) is 4.64. The number of likely N-dealkylation sites (tertiary alicyclic amines) is 1. The van der Waals surface area contributed by atoms with Gasteiger partial charge in [-0.2, -0.15) is 0 Å². The summed E-state index contributed by atoms with van der Waals surface area (Å²) in [5.41, 5.74) is 7.36. The van der Waals surface area contributed by atoms with Crippen molar-refractivity contribution in [3.63, 3.8) is 0 Å². The van der Waals surface area contributed by atoms with Crippen LogP contribution in [0.3, 0.4) is 0 Å². The molecule has 1 aromatic rings. The fourth-order valence-corrected chi connectivity index (χ4v) is 3.18. The maximum absolute atomic E-state index is 6.29. The van der Waals surface area contributed by atoms with E-state index in [1.54, 1.807) is 0 Å². The molecular formula is C16H25ClN2. The SMILES string of the molecule is CC1CCCCCN1CCC(N)c1ccccc1Cl. The van der Waals surface area contributed by atoms with Crippen molar-refractivity contribution in [3.8, 4) is 0 Å². The molecule has 1 aliphatic heterocycles. The van der Waals surface area contributed by atoms with E-state index in [9.17, 15) is 0 Å². The third kappa shape index (κ3) is 4.20. The van der Waals surface area contributed by atoms with Gasteiger partial charge < -0.3 is 10.6 Å². The summed E-state index contributed by atoms with van der Waals surface area (Å²) in [4.78, 5) is 2.59. The van der Waals surface area contributed by atoms with Gasteiger partial charge in [-0.25, -0.2) is 0 Å². The average Bonchev–Trinajstić information content (AvgIpc) is 2.61. The number of benzene rings is 1. The topological polar surface area (TPSA) is 29.3 Å². The second-order valence-corrected chi connectivity index (χ2v) is 6.06. The van der Waals surface area contributed by atoms with Gasteiger partial charge in [0.1, 0.15) is 0 Å². The number of hydrogen-bond donors (Lipinski definition) is 1. The molecule has 2 N–H and O–H groups in total. The molecule has 1 heterocycles. The lowest BCUT2D eigenvalue weighted by molar-refractivity contribution is 0.206. The molecule has 1 aliphatic rings. The predicted molar refractivity (Wildman–Crippen MR) is 82.5 cm³/mol.